The maximum absolute atomic E-state index is 5.71. The molecule has 0 unspecified atom stereocenters. The zero-order valence-electron chi connectivity index (χ0n) is 11.3. The molecule has 0 bridgehead atoms. The molecule has 1 aromatic carbocycles. The second kappa shape index (κ2) is 4.72. The van der Waals surface area contributed by atoms with Gasteiger partial charge < -0.3 is 10.5 Å². The first-order chi connectivity index (χ1) is 8.52. The van der Waals surface area contributed by atoms with E-state index in [9.17, 15) is 0 Å². The van der Waals surface area contributed by atoms with Gasteiger partial charge in [-0.2, -0.15) is 5.10 Å². The molecule has 1 heterocycles. The van der Waals surface area contributed by atoms with Gasteiger partial charge in [-0.25, -0.2) is 0 Å². The van der Waals surface area contributed by atoms with E-state index in [1.165, 1.54) is 5.56 Å². The number of benzene rings is 1. The summed E-state index contributed by atoms with van der Waals surface area (Å²) in [6.07, 6.45) is 0. The molecule has 2 aromatic rings. The number of hydrogen-bond acceptors (Lipinski definition) is 3. The topological polar surface area (TPSA) is 53.1 Å². The van der Waals surface area contributed by atoms with Gasteiger partial charge >= 0.3 is 0 Å². The van der Waals surface area contributed by atoms with Crippen LogP contribution in [0.4, 0.5) is 5.82 Å². The Morgan fingerprint density at radius 3 is 2.50 bits per heavy atom. The number of methoxy groups -OCH3 is 1. The van der Waals surface area contributed by atoms with Gasteiger partial charge in [-0.15, -0.1) is 0 Å². The van der Waals surface area contributed by atoms with Crippen LogP contribution in [0.2, 0.25) is 0 Å². The van der Waals surface area contributed by atoms with Crippen molar-refractivity contribution in [1.82, 2.24) is 9.78 Å². The molecule has 96 valence electrons. The fourth-order valence-corrected chi connectivity index (χ4v) is 2.02. The summed E-state index contributed by atoms with van der Waals surface area (Å²) >= 11 is 0. The molecular weight excluding hydrogens is 226 g/mol. The highest BCUT2D eigenvalue weighted by Gasteiger charge is 2.12. The van der Waals surface area contributed by atoms with Gasteiger partial charge in [0.05, 0.1) is 12.8 Å². The van der Waals surface area contributed by atoms with Crippen molar-refractivity contribution in [2.75, 3.05) is 12.8 Å². The molecule has 0 aliphatic rings. The summed E-state index contributed by atoms with van der Waals surface area (Å²) in [7, 11) is 3.56. The third kappa shape index (κ3) is 2.18. The molecule has 0 saturated heterocycles. The summed E-state index contributed by atoms with van der Waals surface area (Å²) in [5.74, 6) is 1.84. The van der Waals surface area contributed by atoms with Crippen molar-refractivity contribution in [3.05, 3.63) is 29.8 Å². The van der Waals surface area contributed by atoms with E-state index < -0.39 is 0 Å². The Morgan fingerprint density at radius 2 is 2.00 bits per heavy atom. The predicted molar refractivity (Wildman–Crippen MR) is 73.7 cm³/mol. The van der Waals surface area contributed by atoms with Crippen molar-refractivity contribution in [3.63, 3.8) is 0 Å². The number of anilines is 1. The van der Waals surface area contributed by atoms with Crippen LogP contribution in [0, 0.1) is 0 Å². The summed E-state index contributed by atoms with van der Waals surface area (Å²) in [5, 5.41) is 4.16. The smallest absolute Gasteiger partial charge is 0.146 e. The lowest BCUT2D eigenvalue weighted by Crippen LogP contribution is -1.98. The maximum atomic E-state index is 5.71. The molecule has 0 saturated carbocycles. The van der Waals surface area contributed by atoms with E-state index in [2.05, 4.69) is 37.1 Å². The normalized spacial score (nSPS) is 10.9. The summed E-state index contributed by atoms with van der Waals surface area (Å²) in [6, 6.07) is 8.10. The van der Waals surface area contributed by atoms with E-state index in [4.69, 9.17) is 10.5 Å². The fraction of sp³-hybridized carbons (Fsp3) is 0.357. The molecule has 0 aliphatic carbocycles. The molecule has 0 atom stereocenters. The van der Waals surface area contributed by atoms with E-state index >= 15 is 0 Å². The molecule has 0 aliphatic heterocycles. The second-order valence-electron chi connectivity index (χ2n) is 4.69. The minimum absolute atomic E-state index is 0.476. The Balaban J connectivity index is 2.54. The molecule has 0 amide bonds. The minimum atomic E-state index is 0.476. The standard InChI is InChI=1S/C14H19N3O/c1-9(2)10-5-6-11(13(7-10)18-4)12-8-14(15)16-17(12)3/h5-9H,1-4H3,(H2,15,16). The van der Waals surface area contributed by atoms with Gasteiger partial charge in [0.15, 0.2) is 0 Å². The van der Waals surface area contributed by atoms with Crippen LogP contribution >= 0.6 is 0 Å². The largest absolute Gasteiger partial charge is 0.496 e. The monoisotopic (exact) mass is 245 g/mol. The lowest BCUT2D eigenvalue weighted by molar-refractivity contribution is 0.415. The predicted octanol–water partition coefficient (Wildman–Crippen LogP) is 2.80. The molecule has 0 spiro atoms. The van der Waals surface area contributed by atoms with Crippen molar-refractivity contribution in [3.8, 4) is 17.0 Å². The number of ether oxygens (including phenoxy) is 1. The van der Waals surface area contributed by atoms with E-state index in [0.29, 0.717) is 11.7 Å². The number of hydrogen-bond donors (Lipinski definition) is 1. The SMILES string of the molecule is COc1cc(C(C)C)ccc1-c1cc(N)nn1C. The van der Waals surface area contributed by atoms with Crippen LogP contribution in [0.5, 0.6) is 5.75 Å². The first-order valence-electron chi connectivity index (χ1n) is 6.00. The lowest BCUT2D eigenvalue weighted by atomic mass is 10.00. The molecular formula is C14H19N3O. The fourth-order valence-electron chi connectivity index (χ4n) is 2.02. The van der Waals surface area contributed by atoms with Crippen LogP contribution in [0.15, 0.2) is 24.3 Å². The van der Waals surface area contributed by atoms with E-state index in [-0.39, 0.29) is 0 Å². The van der Waals surface area contributed by atoms with E-state index in [1.807, 2.05) is 13.1 Å². The summed E-state index contributed by atoms with van der Waals surface area (Å²) in [6.45, 7) is 4.33. The molecule has 4 nitrogen and oxygen atoms in total. The van der Waals surface area contributed by atoms with Crippen LogP contribution in [0.1, 0.15) is 25.3 Å². The van der Waals surface area contributed by atoms with Crippen LogP contribution in [-0.2, 0) is 7.05 Å². The summed E-state index contributed by atoms with van der Waals surface area (Å²) < 4.78 is 7.24. The van der Waals surface area contributed by atoms with Crippen LogP contribution < -0.4 is 10.5 Å². The third-order valence-electron chi connectivity index (χ3n) is 3.07. The highest BCUT2D eigenvalue weighted by molar-refractivity contribution is 5.70. The van der Waals surface area contributed by atoms with Crippen molar-refractivity contribution < 1.29 is 4.74 Å². The second-order valence-corrected chi connectivity index (χ2v) is 4.69. The first-order valence-corrected chi connectivity index (χ1v) is 6.00. The Kier molecular flexibility index (Phi) is 3.28. The molecule has 18 heavy (non-hydrogen) atoms. The summed E-state index contributed by atoms with van der Waals surface area (Å²) in [5.41, 5.74) is 8.93. The van der Waals surface area contributed by atoms with Crippen LogP contribution in [0.25, 0.3) is 11.3 Å². The zero-order valence-corrected chi connectivity index (χ0v) is 11.3. The van der Waals surface area contributed by atoms with Gasteiger partial charge in [-0.1, -0.05) is 19.9 Å². The van der Waals surface area contributed by atoms with Gasteiger partial charge in [0.2, 0.25) is 0 Å². The number of rotatable bonds is 3. The van der Waals surface area contributed by atoms with E-state index in [0.717, 1.165) is 17.0 Å². The molecule has 2 N–H and O–H groups in total. The molecule has 1 aromatic heterocycles. The first kappa shape index (κ1) is 12.5. The Labute approximate surface area is 107 Å². The minimum Gasteiger partial charge on any atom is -0.496 e. The average Bonchev–Trinajstić information content (AvgIpc) is 2.67. The van der Waals surface area contributed by atoms with Gasteiger partial charge in [0.25, 0.3) is 0 Å². The molecule has 2 rings (SSSR count). The number of nitrogens with zero attached hydrogens (tertiary/aromatic N) is 2. The Hall–Kier alpha value is -1.97. The van der Waals surface area contributed by atoms with E-state index in [1.54, 1.807) is 11.8 Å². The van der Waals surface area contributed by atoms with Gasteiger partial charge in [0, 0.05) is 18.7 Å². The molecule has 0 fully saturated rings. The maximum Gasteiger partial charge on any atom is 0.146 e. The van der Waals surface area contributed by atoms with Crippen LogP contribution in [-0.4, -0.2) is 16.9 Å². The van der Waals surface area contributed by atoms with Gasteiger partial charge in [-0.3, -0.25) is 4.68 Å². The average molecular weight is 245 g/mol. The molecule has 4 heteroatoms. The summed E-state index contributed by atoms with van der Waals surface area (Å²) in [4.78, 5) is 0. The van der Waals surface area contributed by atoms with Gasteiger partial charge in [0.1, 0.15) is 11.6 Å². The number of aromatic nitrogens is 2. The highest BCUT2D eigenvalue weighted by Crippen LogP contribution is 2.33. The zero-order chi connectivity index (χ0) is 13.3. The highest BCUT2D eigenvalue weighted by atomic mass is 16.5. The van der Waals surface area contributed by atoms with Crippen molar-refractivity contribution in [1.29, 1.82) is 0 Å². The lowest BCUT2D eigenvalue weighted by Gasteiger charge is -2.12. The van der Waals surface area contributed by atoms with Crippen molar-refractivity contribution >= 4 is 5.82 Å². The van der Waals surface area contributed by atoms with Crippen molar-refractivity contribution in [2.24, 2.45) is 7.05 Å². The van der Waals surface area contributed by atoms with Crippen molar-refractivity contribution in [2.45, 2.75) is 19.8 Å². The number of nitrogen functional groups attached to an aromatic ring is 1. The Morgan fingerprint density at radius 1 is 1.28 bits per heavy atom. The quantitative estimate of drug-likeness (QED) is 0.904. The third-order valence-corrected chi connectivity index (χ3v) is 3.07. The van der Waals surface area contributed by atoms with Gasteiger partial charge in [-0.05, 0) is 23.6 Å². The Bertz CT molecular complexity index is 558. The molecule has 0 radical (unpaired) electrons. The number of aryl methyl sites for hydroxylation is 1. The van der Waals surface area contributed by atoms with Crippen LogP contribution in [0.3, 0.4) is 0 Å². The number of nitrogens with two attached hydrogens (primary N) is 1.